The van der Waals surface area contributed by atoms with Gasteiger partial charge in [0.2, 0.25) is 0 Å². The molecule has 0 aliphatic heterocycles. The molecule has 0 aliphatic carbocycles. The van der Waals surface area contributed by atoms with Gasteiger partial charge in [-0.2, -0.15) is 0 Å². The molecule has 5 nitrogen and oxygen atoms in total. The van der Waals surface area contributed by atoms with Gasteiger partial charge in [-0.3, -0.25) is 0 Å². The largest absolute Gasteiger partial charge is 1.00 e. The Morgan fingerprint density at radius 3 is 2.26 bits per heavy atom. The summed E-state index contributed by atoms with van der Waals surface area (Å²) in [5, 5.41) is 15.3. The van der Waals surface area contributed by atoms with E-state index in [2.05, 4.69) is 5.32 Å². The van der Waals surface area contributed by atoms with Gasteiger partial charge in [0.1, 0.15) is 10.1 Å². The summed E-state index contributed by atoms with van der Waals surface area (Å²) in [6.07, 6.45) is 0. The van der Waals surface area contributed by atoms with Gasteiger partial charge in [-0.25, -0.2) is 8.42 Å². The Kier molecular flexibility index (Phi) is 7.37. The van der Waals surface area contributed by atoms with Crippen molar-refractivity contribution in [2.75, 3.05) is 12.4 Å². The average Bonchev–Trinajstić information content (AvgIpc) is 2.27. The Hall–Kier alpha value is 0.210. The van der Waals surface area contributed by atoms with Crippen molar-refractivity contribution < 1.29 is 77.2 Å². The minimum absolute atomic E-state index is 0. The van der Waals surface area contributed by atoms with Gasteiger partial charge >= 0.3 is 59.1 Å². The summed E-state index contributed by atoms with van der Waals surface area (Å²) in [6.45, 7) is 0. The van der Waals surface area contributed by atoms with Crippen molar-refractivity contribution in [2.24, 2.45) is 0 Å². The zero-order valence-corrected chi connectivity index (χ0v) is 15.7. The predicted molar refractivity (Wildman–Crippen MR) is 60.9 cm³/mol. The molecule has 0 spiro atoms. The van der Waals surface area contributed by atoms with Crippen LogP contribution in [0, 0.1) is 0 Å². The van der Waals surface area contributed by atoms with E-state index in [1.54, 1.807) is 25.2 Å². The van der Waals surface area contributed by atoms with Crippen LogP contribution in [0.15, 0.2) is 35.2 Å². The van der Waals surface area contributed by atoms with E-state index in [9.17, 15) is 18.1 Å². The number of benzene rings is 2. The molecule has 2 rings (SSSR count). The maximum atomic E-state index is 11.6. The van der Waals surface area contributed by atoms with Crippen LogP contribution in [-0.4, -0.2) is 20.0 Å². The van der Waals surface area contributed by atoms with Crippen LogP contribution in [0.2, 0.25) is 0 Å². The van der Waals surface area contributed by atoms with E-state index in [4.69, 9.17) is 0 Å². The van der Waals surface area contributed by atoms with Crippen molar-refractivity contribution in [1.29, 1.82) is 0 Å². The topological polar surface area (TPSA) is 92.3 Å². The van der Waals surface area contributed by atoms with Gasteiger partial charge in [0.25, 0.3) is 0 Å². The van der Waals surface area contributed by atoms with E-state index < -0.39 is 20.8 Å². The second-order valence-corrected chi connectivity index (χ2v) is 4.94. The summed E-state index contributed by atoms with van der Waals surface area (Å²) in [6, 6.07) is 6.97. The summed E-state index contributed by atoms with van der Waals surface area (Å²) in [5.41, 5.74) is 0.734. The van der Waals surface area contributed by atoms with Crippen LogP contribution < -0.4 is 69.5 Å². The van der Waals surface area contributed by atoms with Gasteiger partial charge in [0, 0.05) is 12.7 Å². The average molecular weight is 297 g/mol. The summed E-state index contributed by atoms with van der Waals surface area (Å²) in [7, 11) is -2.90. The Morgan fingerprint density at radius 2 is 1.74 bits per heavy atom. The van der Waals surface area contributed by atoms with E-state index in [0.29, 0.717) is 10.8 Å². The number of rotatable bonds is 2. The predicted octanol–water partition coefficient (Wildman–Crippen LogP) is -5.13. The van der Waals surface area contributed by atoms with Gasteiger partial charge in [-0.1, -0.05) is 17.9 Å². The van der Waals surface area contributed by atoms with Crippen LogP contribution in [0.3, 0.4) is 0 Å². The number of hydrogen-bond acceptors (Lipinski definition) is 5. The van der Waals surface area contributed by atoms with Crippen molar-refractivity contribution in [3.8, 4) is 5.75 Å². The van der Waals surface area contributed by atoms with E-state index >= 15 is 0 Å². The van der Waals surface area contributed by atoms with E-state index in [-0.39, 0.29) is 59.1 Å². The van der Waals surface area contributed by atoms with Crippen molar-refractivity contribution in [3.63, 3.8) is 0 Å². The summed E-state index contributed by atoms with van der Waals surface area (Å²) < 4.78 is 32.6. The summed E-state index contributed by atoms with van der Waals surface area (Å²) in [5.74, 6) is -0.473. The first-order valence-corrected chi connectivity index (χ1v) is 6.21. The molecule has 0 amide bonds. The first-order chi connectivity index (χ1) is 7.91. The standard InChI is InChI=1S/C11H11NO4S.2Na/c1-12-8-2-3-10-7(4-8)5-9(6-11(10)13)17(14,15)16;;/h2-6,12-13H,1H3,(H,14,15,16);;/q;2*+1/p-2. The number of anilines is 1. The molecule has 19 heavy (non-hydrogen) atoms. The molecule has 0 saturated carbocycles. The van der Waals surface area contributed by atoms with Crippen LogP contribution in [0.5, 0.6) is 5.75 Å². The molecule has 0 heterocycles. The van der Waals surface area contributed by atoms with E-state index in [1.165, 1.54) is 6.07 Å². The SMILES string of the molecule is CNc1ccc2c([O-])cc(S(=O)(=O)[O-])cc2c1.[Na+].[Na+]. The molecule has 0 saturated heterocycles. The molecule has 0 fully saturated rings. The molecule has 1 N–H and O–H groups in total. The Bertz CT molecular complexity index is 688. The molecule has 0 unspecified atom stereocenters. The number of fused-ring (bicyclic) bond motifs is 1. The quantitative estimate of drug-likeness (QED) is 0.442. The molecule has 2 aromatic carbocycles. The minimum Gasteiger partial charge on any atom is -0.872 e. The fraction of sp³-hybridized carbons (Fsp3) is 0.0909. The maximum Gasteiger partial charge on any atom is 1.00 e. The van der Waals surface area contributed by atoms with Gasteiger partial charge < -0.3 is 15.0 Å². The van der Waals surface area contributed by atoms with Gasteiger partial charge in [-0.15, -0.1) is 0 Å². The van der Waals surface area contributed by atoms with Gasteiger partial charge in [-0.05, 0) is 29.0 Å². The molecular weight excluding hydrogens is 288 g/mol. The van der Waals surface area contributed by atoms with Gasteiger partial charge in [0.15, 0.2) is 0 Å². The third kappa shape index (κ3) is 4.34. The third-order valence-electron chi connectivity index (χ3n) is 2.47. The van der Waals surface area contributed by atoms with Crippen LogP contribution in [0.1, 0.15) is 0 Å². The molecule has 0 bridgehead atoms. The summed E-state index contributed by atoms with van der Waals surface area (Å²) >= 11 is 0. The van der Waals surface area contributed by atoms with Crippen LogP contribution >= 0.6 is 0 Å². The molecule has 90 valence electrons. The molecule has 0 aromatic heterocycles. The second-order valence-electron chi connectivity index (χ2n) is 3.56. The smallest absolute Gasteiger partial charge is 0.872 e. The second kappa shape index (κ2) is 7.28. The minimum atomic E-state index is -4.61. The third-order valence-corrected chi connectivity index (χ3v) is 3.28. The van der Waals surface area contributed by atoms with Crippen molar-refractivity contribution in [2.45, 2.75) is 4.90 Å². The normalized spacial score (nSPS) is 10.4. The molecular formula is C11H9NNa2O4S. The first-order valence-electron chi connectivity index (χ1n) is 4.80. The fourth-order valence-electron chi connectivity index (χ4n) is 1.61. The number of hydrogen-bond donors (Lipinski definition) is 1. The summed E-state index contributed by atoms with van der Waals surface area (Å²) in [4.78, 5) is -0.497. The van der Waals surface area contributed by atoms with E-state index in [1.807, 2.05) is 0 Å². The van der Waals surface area contributed by atoms with E-state index in [0.717, 1.165) is 11.8 Å². The number of nitrogens with one attached hydrogen (secondary N) is 1. The van der Waals surface area contributed by atoms with Crippen LogP contribution in [0.4, 0.5) is 5.69 Å². The fourth-order valence-corrected chi connectivity index (χ4v) is 2.13. The zero-order valence-electron chi connectivity index (χ0n) is 10.9. The molecule has 0 aliphatic rings. The Balaban J connectivity index is 0.00000162. The van der Waals surface area contributed by atoms with Gasteiger partial charge in [0.05, 0.1) is 4.90 Å². The molecule has 0 atom stereocenters. The Morgan fingerprint density at radius 1 is 1.11 bits per heavy atom. The maximum absolute atomic E-state index is 11.6. The zero-order chi connectivity index (χ0) is 12.6. The van der Waals surface area contributed by atoms with Crippen molar-refractivity contribution in [1.82, 2.24) is 0 Å². The Labute approximate surface area is 155 Å². The molecule has 0 radical (unpaired) electrons. The molecule has 8 heteroatoms. The van der Waals surface area contributed by atoms with Crippen LogP contribution in [-0.2, 0) is 10.1 Å². The van der Waals surface area contributed by atoms with Crippen molar-refractivity contribution >= 4 is 26.6 Å². The monoisotopic (exact) mass is 297 g/mol. The molecule has 2 aromatic rings. The first kappa shape index (κ1) is 19.2. The van der Waals surface area contributed by atoms with Crippen molar-refractivity contribution in [3.05, 3.63) is 30.3 Å². The van der Waals surface area contributed by atoms with Crippen LogP contribution in [0.25, 0.3) is 10.8 Å².